The number of rotatable bonds is 14. The number of carbonyl (C=O) groups excluding carboxylic acids is 1. The third-order valence-electron chi connectivity index (χ3n) is 5.77. The van der Waals surface area contributed by atoms with Gasteiger partial charge in [0.15, 0.2) is 18.1 Å². The van der Waals surface area contributed by atoms with Crippen LogP contribution in [0.2, 0.25) is 0 Å². The smallest absolute Gasteiger partial charge is 0.258 e. The van der Waals surface area contributed by atoms with E-state index < -0.39 is 10.0 Å². The first-order valence-electron chi connectivity index (χ1n) is 12.1. The van der Waals surface area contributed by atoms with Gasteiger partial charge in [-0.2, -0.15) is 0 Å². The van der Waals surface area contributed by atoms with Crippen molar-refractivity contribution in [3.05, 3.63) is 83.9 Å². The highest BCUT2D eigenvalue weighted by Crippen LogP contribution is 2.27. The van der Waals surface area contributed by atoms with Crippen molar-refractivity contribution in [1.82, 2.24) is 10.0 Å². The van der Waals surface area contributed by atoms with Gasteiger partial charge in [0.25, 0.3) is 5.91 Å². The Morgan fingerprint density at radius 3 is 2.24 bits per heavy atom. The van der Waals surface area contributed by atoms with Crippen molar-refractivity contribution in [2.45, 2.75) is 37.1 Å². The van der Waals surface area contributed by atoms with Crippen LogP contribution in [-0.4, -0.2) is 47.7 Å². The topological polar surface area (TPSA) is 103 Å². The average molecular weight is 527 g/mol. The fraction of sp³-hybridized carbons (Fsp3) is 0.321. The van der Waals surface area contributed by atoms with Gasteiger partial charge in [0.2, 0.25) is 10.0 Å². The van der Waals surface area contributed by atoms with Crippen LogP contribution in [0, 0.1) is 0 Å². The largest absolute Gasteiger partial charge is 0.493 e. The van der Waals surface area contributed by atoms with Crippen LogP contribution in [0.4, 0.5) is 0 Å². The SMILES string of the molecule is COc1ccc(CCNS(=O)(=O)c2ccc(OCC(=O)N[C@@H](C)CCc3ccccc3)cc2)cc1OC. The minimum atomic E-state index is -3.69. The van der Waals surface area contributed by atoms with Crippen LogP contribution in [0.3, 0.4) is 0 Å². The maximum atomic E-state index is 12.6. The number of carbonyl (C=O) groups is 1. The van der Waals surface area contributed by atoms with Gasteiger partial charge in [-0.3, -0.25) is 4.79 Å². The number of hydrogen-bond acceptors (Lipinski definition) is 6. The first kappa shape index (κ1) is 28.0. The van der Waals surface area contributed by atoms with Crippen molar-refractivity contribution in [3.63, 3.8) is 0 Å². The summed E-state index contributed by atoms with van der Waals surface area (Å²) in [6.07, 6.45) is 2.18. The second-order valence-electron chi connectivity index (χ2n) is 8.59. The van der Waals surface area contributed by atoms with Gasteiger partial charge in [-0.25, -0.2) is 13.1 Å². The predicted molar refractivity (Wildman–Crippen MR) is 143 cm³/mol. The molecule has 0 saturated heterocycles. The van der Waals surface area contributed by atoms with Crippen LogP contribution in [0.5, 0.6) is 17.2 Å². The lowest BCUT2D eigenvalue weighted by Gasteiger charge is -2.14. The molecule has 0 aliphatic rings. The summed E-state index contributed by atoms with van der Waals surface area (Å²) in [5.41, 5.74) is 2.14. The van der Waals surface area contributed by atoms with Gasteiger partial charge in [0.1, 0.15) is 5.75 Å². The van der Waals surface area contributed by atoms with E-state index in [4.69, 9.17) is 14.2 Å². The van der Waals surface area contributed by atoms with Crippen LogP contribution < -0.4 is 24.2 Å². The molecular formula is C28H34N2O6S. The molecule has 0 saturated carbocycles. The molecule has 3 rings (SSSR count). The fourth-order valence-corrected chi connectivity index (χ4v) is 4.76. The fourth-order valence-electron chi connectivity index (χ4n) is 3.73. The van der Waals surface area contributed by atoms with E-state index in [1.807, 2.05) is 37.3 Å². The monoisotopic (exact) mass is 526 g/mol. The Kier molecular flexibility index (Phi) is 10.3. The molecule has 3 aromatic rings. The zero-order valence-electron chi connectivity index (χ0n) is 21.4. The van der Waals surface area contributed by atoms with Crippen molar-refractivity contribution >= 4 is 15.9 Å². The van der Waals surface area contributed by atoms with Crippen molar-refractivity contribution in [2.24, 2.45) is 0 Å². The van der Waals surface area contributed by atoms with Crippen molar-refractivity contribution in [1.29, 1.82) is 0 Å². The Bertz CT molecular complexity index is 1250. The summed E-state index contributed by atoms with van der Waals surface area (Å²) in [6.45, 7) is 2.03. The third-order valence-corrected chi connectivity index (χ3v) is 7.25. The van der Waals surface area contributed by atoms with Crippen LogP contribution in [0.1, 0.15) is 24.5 Å². The highest BCUT2D eigenvalue weighted by atomic mass is 32.2. The molecule has 37 heavy (non-hydrogen) atoms. The maximum absolute atomic E-state index is 12.6. The molecule has 198 valence electrons. The Balaban J connectivity index is 1.43. The summed E-state index contributed by atoms with van der Waals surface area (Å²) in [5, 5.41) is 2.92. The molecule has 3 aromatic carbocycles. The third kappa shape index (κ3) is 8.80. The highest BCUT2D eigenvalue weighted by Gasteiger charge is 2.15. The predicted octanol–water partition coefficient (Wildman–Crippen LogP) is 3.74. The normalized spacial score (nSPS) is 12.0. The van der Waals surface area contributed by atoms with Crippen LogP contribution in [0.15, 0.2) is 77.7 Å². The number of aryl methyl sites for hydroxylation is 1. The Labute approximate surface area is 219 Å². The number of benzene rings is 3. The van der Waals surface area contributed by atoms with E-state index in [9.17, 15) is 13.2 Å². The zero-order valence-corrected chi connectivity index (χ0v) is 22.2. The van der Waals surface area contributed by atoms with Gasteiger partial charge in [-0.05, 0) is 73.7 Å². The molecule has 0 aromatic heterocycles. The summed E-state index contributed by atoms with van der Waals surface area (Å²) in [5.74, 6) is 1.39. The number of hydrogen-bond donors (Lipinski definition) is 2. The highest BCUT2D eigenvalue weighted by molar-refractivity contribution is 7.89. The summed E-state index contributed by atoms with van der Waals surface area (Å²) in [6, 6.07) is 21.6. The van der Waals surface area contributed by atoms with E-state index in [0.29, 0.717) is 23.7 Å². The van der Waals surface area contributed by atoms with Crippen LogP contribution >= 0.6 is 0 Å². The molecule has 9 heteroatoms. The molecule has 0 aliphatic carbocycles. The Morgan fingerprint density at radius 1 is 0.865 bits per heavy atom. The van der Waals surface area contributed by atoms with Crippen molar-refractivity contribution in [3.8, 4) is 17.2 Å². The van der Waals surface area contributed by atoms with E-state index in [1.165, 1.54) is 29.8 Å². The van der Waals surface area contributed by atoms with Gasteiger partial charge in [-0.1, -0.05) is 36.4 Å². The number of nitrogens with one attached hydrogen (secondary N) is 2. The molecular weight excluding hydrogens is 492 g/mol. The summed E-state index contributed by atoms with van der Waals surface area (Å²) >= 11 is 0. The van der Waals surface area contributed by atoms with Crippen LogP contribution in [-0.2, 0) is 27.7 Å². The van der Waals surface area contributed by atoms with Gasteiger partial charge < -0.3 is 19.5 Å². The Hall–Kier alpha value is -3.56. The van der Waals surface area contributed by atoms with Gasteiger partial charge in [0.05, 0.1) is 19.1 Å². The van der Waals surface area contributed by atoms with E-state index in [0.717, 1.165) is 18.4 Å². The summed E-state index contributed by atoms with van der Waals surface area (Å²) in [7, 11) is -0.578. The number of sulfonamides is 1. The lowest BCUT2D eigenvalue weighted by molar-refractivity contribution is -0.123. The molecule has 0 spiro atoms. The second kappa shape index (κ2) is 13.7. The van der Waals surface area contributed by atoms with E-state index in [2.05, 4.69) is 22.2 Å². The van der Waals surface area contributed by atoms with E-state index in [-0.39, 0.29) is 30.0 Å². The molecule has 0 fully saturated rings. The zero-order chi connectivity index (χ0) is 26.7. The van der Waals surface area contributed by atoms with Gasteiger partial charge in [0, 0.05) is 12.6 Å². The quantitative estimate of drug-likeness (QED) is 0.332. The molecule has 0 bridgehead atoms. The standard InChI is InChI=1S/C28H34N2O6S/c1-21(9-10-22-7-5-4-6-8-22)30-28(31)20-36-24-12-14-25(15-13-24)37(32,33)29-18-17-23-11-16-26(34-2)27(19-23)35-3/h4-8,11-16,19,21,29H,9-10,17-18,20H2,1-3H3,(H,30,31)/t21-/m0/s1. The Morgan fingerprint density at radius 2 is 1.57 bits per heavy atom. The minimum Gasteiger partial charge on any atom is -0.493 e. The van der Waals surface area contributed by atoms with E-state index >= 15 is 0 Å². The van der Waals surface area contributed by atoms with Crippen molar-refractivity contribution < 1.29 is 27.4 Å². The lowest BCUT2D eigenvalue weighted by atomic mass is 10.1. The molecule has 8 nitrogen and oxygen atoms in total. The van der Waals surface area contributed by atoms with Crippen LogP contribution in [0.25, 0.3) is 0 Å². The molecule has 0 unspecified atom stereocenters. The number of methoxy groups -OCH3 is 2. The molecule has 1 atom stereocenters. The van der Waals surface area contributed by atoms with Crippen molar-refractivity contribution in [2.75, 3.05) is 27.4 Å². The number of ether oxygens (including phenoxy) is 3. The van der Waals surface area contributed by atoms with Gasteiger partial charge >= 0.3 is 0 Å². The minimum absolute atomic E-state index is 0.00824. The maximum Gasteiger partial charge on any atom is 0.258 e. The molecule has 2 N–H and O–H groups in total. The number of amides is 1. The molecule has 0 radical (unpaired) electrons. The lowest BCUT2D eigenvalue weighted by Crippen LogP contribution is -2.36. The first-order valence-corrected chi connectivity index (χ1v) is 13.6. The summed E-state index contributed by atoms with van der Waals surface area (Å²) < 4.78 is 43.9. The molecule has 1 amide bonds. The first-order chi connectivity index (χ1) is 17.8. The molecule has 0 heterocycles. The summed E-state index contributed by atoms with van der Waals surface area (Å²) in [4.78, 5) is 12.3. The average Bonchev–Trinajstić information content (AvgIpc) is 2.91. The second-order valence-corrected chi connectivity index (χ2v) is 10.4. The molecule has 0 aliphatic heterocycles. The van der Waals surface area contributed by atoms with Gasteiger partial charge in [-0.15, -0.1) is 0 Å². The van der Waals surface area contributed by atoms with E-state index in [1.54, 1.807) is 20.3 Å².